The molecule has 0 saturated carbocycles. The minimum atomic E-state index is -1.46. The van der Waals surface area contributed by atoms with Crippen LogP contribution >= 0.6 is 27.5 Å². The molecule has 1 aromatic carbocycles. The molecular weight excluding hydrogens is 589 g/mol. The first-order valence-electron chi connectivity index (χ1n) is 13.0. The molecule has 2 aromatic rings. The average molecular weight is 623 g/mol. The molecule has 2 fully saturated rings. The van der Waals surface area contributed by atoms with Gasteiger partial charge >= 0.3 is 0 Å². The molecule has 210 valence electrons. The van der Waals surface area contributed by atoms with Gasteiger partial charge in [0.05, 0.1) is 34.3 Å². The van der Waals surface area contributed by atoms with Gasteiger partial charge in [0.2, 0.25) is 5.91 Å². The van der Waals surface area contributed by atoms with Gasteiger partial charge in [0.1, 0.15) is 11.2 Å². The number of aromatic nitrogens is 2. The first kappa shape index (κ1) is 29.8. The fourth-order valence-electron chi connectivity index (χ4n) is 5.56. The van der Waals surface area contributed by atoms with E-state index in [-0.39, 0.29) is 33.8 Å². The second kappa shape index (κ2) is 11.4. The van der Waals surface area contributed by atoms with Crippen molar-refractivity contribution in [3.8, 4) is 6.07 Å². The Morgan fingerprint density at radius 2 is 2.03 bits per heavy atom. The minimum Gasteiger partial charge on any atom is -0.355 e. The van der Waals surface area contributed by atoms with Gasteiger partial charge in [-0.1, -0.05) is 44.5 Å². The summed E-state index contributed by atoms with van der Waals surface area (Å²) in [7, 11) is 0. The molecule has 1 amide bonds. The number of nitriles is 1. The van der Waals surface area contributed by atoms with E-state index in [9.17, 15) is 10.1 Å². The smallest absolute Gasteiger partial charge is 0.237 e. The second-order valence-corrected chi connectivity index (χ2v) is 13.1. The van der Waals surface area contributed by atoms with Gasteiger partial charge < -0.3 is 20.1 Å². The number of rotatable bonds is 7. The number of nitrogens with zero attached hydrogens (tertiary/aromatic N) is 3. The normalized spacial score (nSPS) is 28.3. The molecule has 2 aliphatic heterocycles. The lowest BCUT2D eigenvalue weighted by molar-refractivity contribution is -0.138. The molecule has 0 spiro atoms. The van der Waals surface area contributed by atoms with E-state index >= 15 is 4.39 Å². The van der Waals surface area contributed by atoms with Crippen LogP contribution in [0.3, 0.4) is 0 Å². The summed E-state index contributed by atoms with van der Waals surface area (Å²) >= 11 is 9.56. The van der Waals surface area contributed by atoms with Crippen molar-refractivity contribution in [2.45, 2.75) is 82.8 Å². The van der Waals surface area contributed by atoms with E-state index < -0.39 is 35.0 Å². The van der Waals surface area contributed by atoms with Crippen LogP contribution in [0.2, 0.25) is 5.02 Å². The number of nitrogens with one attached hydrogen (secondary N) is 2. The summed E-state index contributed by atoms with van der Waals surface area (Å²) in [4.78, 5) is 22.8. The lowest BCUT2D eigenvalue weighted by Crippen LogP contribution is -2.46. The molecule has 3 heterocycles. The Hall–Kier alpha value is -2.16. The van der Waals surface area contributed by atoms with Crippen LogP contribution in [-0.2, 0) is 19.7 Å². The van der Waals surface area contributed by atoms with E-state index in [2.05, 4.69) is 42.6 Å². The quantitative estimate of drug-likeness (QED) is 0.447. The predicted octanol–water partition coefficient (Wildman–Crippen LogP) is 5.01. The van der Waals surface area contributed by atoms with Crippen molar-refractivity contribution in [2.24, 2.45) is 5.41 Å². The van der Waals surface area contributed by atoms with Crippen molar-refractivity contribution in [1.29, 1.82) is 5.26 Å². The number of amides is 1. The topological polar surface area (TPSA) is 109 Å². The van der Waals surface area contributed by atoms with Crippen molar-refractivity contribution in [3.63, 3.8) is 0 Å². The molecular formula is C28H34BrClFN5O3. The maximum absolute atomic E-state index is 15.7. The van der Waals surface area contributed by atoms with Crippen molar-refractivity contribution in [2.75, 3.05) is 13.2 Å². The monoisotopic (exact) mass is 621 g/mol. The highest BCUT2D eigenvalue weighted by atomic mass is 79.9. The van der Waals surface area contributed by atoms with E-state index in [1.54, 1.807) is 24.5 Å². The van der Waals surface area contributed by atoms with Crippen LogP contribution in [0, 0.1) is 22.6 Å². The number of hydrogen-bond donors (Lipinski definition) is 2. The fraction of sp³-hybridized carbons (Fsp3) is 0.571. The zero-order chi connectivity index (χ0) is 28.6. The van der Waals surface area contributed by atoms with Crippen LogP contribution in [-0.4, -0.2) is 53.0 Å². The first-order chi connectivity index (χ1) is 18.3. The van der Waals surface area contributed by atoms with Gasteiger partial charge in [-0.05, 0) is 59.7 Å². The Balaban J connectivity index is 1.75. The van der Waals surface area contributed by atoms with Crippen LogP contribution in [0.5, 0.6) is 0 Å². The molecule has 0 radical (unpaired) electrons. The van der Waals surface area contributed by atoms with Gasteiger partial charge in [-0.15, -0.1) is 0 Å². The molecule has 0 aliphatic carbocycles. The van der Waals surface area contributed by atoms with Crippen LogP contribution in [0.4, 0.5) is 4.39 Å². The largest absolute Gasteiger partial charge is 0.355 e. The highest BCUT2D eigenvalue weighted by Crippen LogP contribution is 2.51. The van der Waals surface area contributed by atoms with Gasteiger partial charge in [0.15, 0.2) is 11.6 Å². The van der Waals surface area contributed by atoms with Gasteiger partial charge in [0, 0.05) is 30.9 Å². The maximum atomic E-state index is 15.7. The number of carbonyl (C=O) groups excluding carboxylic acids is 1. The van der Waals surface area contributed by atoms with E-state index in [1.165, 1.54) is 6.07 Å². The Morgan fingerprint density at radius 3 is 2.62 bits per heavy atom. The number of hydrogen-bond acceptors (Lipinski definition) is 7. The molecule has 11 heteroatoms. The van der Waals surface area contributed by atoms with Crippen molar-refractivity contribution in [3.05, 3.63) is 57.3 Å². The molecule has 5 atom stereocenters. The summed E-state index contributed by atoms with van der Waals surface area (Å²) in [6.45, 7) is 10.6. The molecule has 1 aromatic heterocycles. The van der Waals surface area contributed by atoms with Gasteiger partial charge in [-0.2, -0.15) is 5.26 Å². The standard InChI is InChI=1S/C28H34BrClFN5O3/c1-26(2,3)11-20-28(15-32,25-34-12-16(29)13-35-25)21(18-7-6-8-19(30)22(18)31)23(36-20)24(37)33-10-9-17-14-38-27(4,5)39-17/h6-8,12-13,17,20-21,23,36H,9-11,14H2,1-5H3,(H,33,37)/t17-,20?,21?,23?,28?/m0/s1. The highest BCUT2D eigenvalue weighted by Gasteiger charge is 2.62. The number of benzene rings is 1. The van der Waals surface area contributed by atoms with Crippen molar-refractivity contribution >= 4 is 33.4 Å². The fourth-order valence-corrected chi connectivity index (χ4v) is 5.95. The summed E-state index contributed by atoms with van der Waals surface area (Å²) in [5.41, 5.74) is -1.53. The summed E-state index contributed by atoms with van der Waals surface area (Å²) in [5, 5.41) is 17.1. The van der Waals surface area contributed by atoms with Crippen molar-refractivity contribution < 1.29 is 18.7 Å². The molecule has 2 aliphatic rings. The summed E-state index contributed by atoms with van der Waals surface area (Å²) in [6.07, 6.45) is 4.01. The third-order valence-electron chi connectivity index (χ3n) is 7.18. The Morgan fingerprint density at radius 1 is 1.33 bits per heavy atom. The van der Waals surface area contributed by atoms with Crippen molar-refractivity contribution in [1.82, 2.24) is 20.6 Å². The Kier molecular flexibility index (Phi) is 8.70. The van der Waals surface area contributed by atoms with E-state index in [0.717, 1.165) is 0 Å². The number of halogens is 3. The molecule has 2 saturated heterocycles. The number of carbonyl (C=O) groups is 1. The van der Waals surface area contributed by atoms with E-state index in [4.69, 9.17) is 21.1 Å². The van der Waals surface area contributed by atoms with Crippen LogP contribution < -0.4 is 10.6 Å². The number of ether oxygens (including phenoxy) is 2. The van der Waals surface area contributed by atoms with Gasteiger partial charge in [-0.25, -0.2) is 14.4 Å². The van der Waals surface area contributed by atoms with Gasteiger partial charge in [0.25, 0.3) is 0 Å². The molecule has 39 heavy (non-hydrogen) atoms. The Labute approximate surface area is 242 Å². The predicted molar refractivity (Wildman–Crippen MR) is 148 cm³/mol. The zero-order valence-electron chi connectivity index (χ0n) is 22.7. The Bertz CT molecular complexity index is 1250. The van der Waals surface area contributed by atoms with Crippen LogP contribution in [0.15, 0.2) is 35.1 Å². The summed E-state index contributed by atoms with van der Waals surface area (Å²) < 4.78 is 27.8. The third-order valence-corrected chi connectivity index (χ3v) is 7.88. The van der Waals surface area contributed by atoms with E-state index in [1.807, 2.05) is 34.6 Å². The second-order valence-electron chi connectivity index (χ2n) is 11.8. The molecule has 0 bridgehead atoms. The van der Waals surface area contributed by atoms with Crippen LogP contribution in [0.1, 0.15) is 64.8 Å². The average Bonchev–Trinajstić information content (AvgIpc) is 3.37. The molecule has 2 N–H and O–H groups in total. The van der Waals surface area contributed by atoms with Gasteiger partial charge in [-0.3, -0.25) is 4.79 Å². The van der Waals surface area contributed by atoms with Crippen LogP contribution in [0.25, 0.3) is 0 Å². The zero-order valence-corrected chi connectivity index (χ0v) is 25.1. The summed E-state index contributed by atoms with van der Waals surface area (Å²) in [5.74, 6) is -2.43. The third kappa shape index (κ3) is 6.28. The molecule has 4 rings (SSSR count). The lowest BCUT2D eigenvalue weighted by Gasteiger charge is -2.35. The highest BCUT2D eigenvalue weighted by molar-refractivity contribution is 9.10. The minimum absolute atomic E-state index is 0.0875. The molecule has 4 unspecified atom stereocenters. The maximum Gasteiger partial charge on any atom is 0.237 e. The van der Waals surface area contributed by atoms with E-state index in [0.29, 0.717) is 30.5 Å². The first-order valence-corrected chi connectivity index (χ1v) is 14.1. The SMILES string of the molecule is CC(C)(C)CC1NC(C(=O)NCC[C@H]2COC(C)(C)O2)C(c2cccc(Cl)c2F)C1(C#N)c1ncc(Br)cn1. The molecule has 8 nitrogen and oxygen atoms in total. The lowest BCUT2D eigenvalue weighted by atomic mass is 9.65. The summed E-state index contributed by atoms with van der Waals surface area (Å²) in [6, 6.07) is 5.58.